The van der Waals surface area contributed by atoms with Crippen molar-refractivity contribution in [2.75, 3.05) is 33.0 Å². The number of aliphatic hydroxyl groups is 11. The molecule has 5 heterocycles. The van der Waals surface area contributed by atoms with E-state index in [0.29, 0.717) is 13.0 Å². The van der Waals surface area contributed by atoms with Crippen LogP contribution in [0.1, 0.15) is 52.9 Å². The smallest absolute Gasteiger partial charge is 0.217 e. The summed E-state index contributed by atoms with van der Waals surface area (Å²) in [5.74, 6) is -0.574. The molecule has 0 aromatic heterocycles. The molecule has 5 fully saturated rings. The summed E-state index contributed by atoms with van der Waals surface area (Å²) in [4.78, 5) is 12.3. The first-order valence-electron chi connectivity index (χ1n) is 20.8. The zero-order valence-corrected chi connectivity index (χ0v) is 34.3. The number of rotatable bonds is 18. The van der Waals surface area contributed by atoms with Gasteiger partial charge in [0.2, 0.25) is 5.91 Å². The van der Waals surface area contributed by atoms with Gasteiger partial charge in [0.1, 0.15) is 85.4 Å². The van der Waals surface area contributed by atoms with Crippen molar-refractivity contribution in [3.8, 4) is 0 Å². The van der Waals surface area contributed by atoms with Gasteiger partial charge in [0, 0.05) is 26.4 Å². The molecule has 23 atom stereocenters. The quantitative estimate of drug-likeness (QED) is 0.0569. The van der Waals surface area contributed by atoms with Gasteiger partial charge < -0.3 is 115 Å². The average Bonchev–Trinajstić information content (AvgIpc) is 3.21. The summed E-state index contributed by atoms with van der Waals surface area (Å²) in [6.45, 7) is 2.77. The van der Waals surface area contributed by atoms with Gasteiger partial charge in [-0.3, -0.25) is 4.79 Å². The number of hydrogen-bond acceptors (Lipinski definition) is 23. The fourth-order valence-electron chi connectivity index (χ4n) is 7.84. The molecule has 0 radical (unpaired) electrons. The summed E-state index contributed by atoms with van der Waals surface area (Å²) in [5.41, 5.74) is 5.57. The van der Waals surface area contributed by atoms with Crippen molar-refractivity contribution >= 4 is 5.91 Å². The van der Waals surface area contributed by atoms with Gasteiger partial charge in [-0.2, -0.15) is 0 Å². The highest BCUT2D eigenvalue weighted by Crippen LogP contribution is 2.35. The van der Waals surface area contributed by atoms with Crippen molar-refractivity contribution in [1.82, 2.24) is 5.32 Å². The molecule has 1 amide bonds. The second-order valence-electron chi connectivity index (χ2n) is 16.2. The maximum absolute atomic E-state index is 12.3. The fourth-order valence-corrected chi connectivity index (χ4v) is 7.84. The summed E-state index contributed by atoms with van der Waals surface area (Å²) >= 11 is 0. The molecule has 356 valence electrons. The monoisotopic (exact) mass is 890 g/mol. The van der Waals surface area contributed by atoms with E-state index >= 15 is 0 Å². The van der Waals surface area contributed by atoms with Crippen LogP contribution in [0.15, 0.2) is 0 Å². The van der Waals surface area contributed by atoms with Crippen molar-refractivity contribution in [2.24, 2.45) is 5.73 Å². The van der Waals surface area contributed by atoms with E-state index < -0.39 is 167 Å². The molecule has 14 N–H and O–H groups in total. The molecule has 24 nitrogen and oxygen atoms in total. The standard InChI is InChI=1S/C37H66N2O22/c1-14-17(43)9-19(45)33(54-14)53-13-23-26(48)32(61-34-20(46)10-18(44)15(2)55-34)29(51)37(58-23)59-30-22(12-41)57-36(28(50)27(30)49)60-31-24(39-16(3)42)35(52-8-6-4-5-7-38)56-21(11-40)25(31)47/h14-15,17-37,40-41,43-51H,4-13,38H2,1-3H3,(H,39,42)/t14-,15-,17-,18-,19-,20-,21+,22+,23+,24+,25+,26+,27+,28+,29+,30-,31+,32-,33+,34-,35+,36+,37+/m0/s1. The molecule has 0 aliphatic carbocycles. The third-order valence-electron chi connectivity index (χ3n) is 11.5. The van der Waals surface area contributed by atoms with Gasteiger partial charge in [-0.05, 0) is 39.7 Å². The third-order valence-corrected chi connectivity index (χ3v) is 11.5. The number of nitrogens with two attached hydrogens (primary N) is 1. The summed E-state index contributed by atoms with van der Waals surface area (Å²) in [5, 5.41) is 122. The van der Waals surface area contributed by atoms with E-state index in [2.05, 4.69) is 5.32 Å². The summed E-state index contributed by atoms with van der Waals surface area (Å²) < 4.78 is 58.1. The first kappa shape index (κ1) is 50.6. The minimum atomic E-state index is -2.01. The van der Waals surface area contributed by atoms with Crippen molar-refractivity contribution < 1.29 is 108 Å². The highest BCUT2D eigenvalue weighted by molar-refractivity contribution is 5.73. The zero-order valence-electron chi connectivity index (χ0n) is 34.3. The highest BCUT2D eigenvalue weighted by atomic mass is 16.8. The second kappa shape index (κ2) is 23.2. The van der Waals surface area contributed by atoms with Gasteiger partial charge in [-0.1, -0.05) is 0 Å². The van der Waals surface area contributed by atoms with E-state index in [4.69, 9.17) is 53.1 Å². The van der Waals surface area contributed by atoms with E-state index in [1.807, 2.05) is 0 Å². The van der Waals surface area contributed by atoms with Gasteiger partial charge in [-0.15, -0.1) is 0 Å². The third kappa shape index (κ3) is 12.5. The zero-order chi connectivity index (χ0) is 44.7. The van der Waals surface area contributed by atoms with Crippen LogP contribution in [0.4, 0.5) is 0 Å². The lowest BCUT2D eigenvalue weighted by molar-refractivity contribution is -0.385. The number of amides is 1. The Balaban J connectivity index is 1.33. The average molecular weight is 891 g/mol. The van der Waals surface area contributed by atoms with Crippen LogP contribution in [0.5, 0.6) is 0 Å². The predicted molar refractivity (Wildman–Crippen MR) is 199 cm³/mol. The lowest BCUT2D eigenvalue weighted by atomic mass is 9.95. The Morgan fingerprint density at radius 1 is 0.574 bits per heavy atom. The van der Waals surface area contributed by atoms with Crippen LogP contribution in [-0.4, -0.2) is 236 Å². The molecular formula is C37H66N2O22. The van der Waals surface area contributed by atoms with Gasteiger partial charge in [0.15, 0.2) is 31.5 Å². The molecule has 0 bridgehead atoms. The van der Waals surface area contributed by atoms with Crippen LogP contribution < -0.4 is 11.1 Å². The first-order chi connectivity index (χ1) is 29.0. The Hall–Kier alpha value is -1.41. The molecule has 5 rings (SSSR count). The van der Waals surface area contributed by atoms with E-state index in [-0.39, 0.29) is 19.4 Å². The number of unbranched alkanes of at least 4 members (excludes halogenated alkanes) is 2. The van der Waals surface area contributed by atoms with E-state index in [0.717, 1.165) is 12.8 Å². The summed E-state index contributed by atoms with van der Waals surface area (Å²) in [6.07, 6.45) is -30.7. The van der Waals surface area contributed by atoms with Crippen molar-refractivity contribution in [1.29, 1.82) is 0 Å². The van der Waals surface area contributed by atoms with E-state index in [9.17, 15) is 61.0 Å². The summed E-state index contributed by atoms with van der Waals surface area (Å²) in [6, 6.07) is -1.24. The number of hydrogen-bond donors (Lipinski definition) is 13. The molecule has 5 aliphatic rings. The topological polar surface area (TPSA) is 370 Å². The Bertz CT molecular complexity index is 1330. The molecule has 61 heavy (non-hydrogen) atoms. The van der Waals surface area contributed by atoms with Gasteiger partial charge in [-0.25, -0.2) is 0 Å². The molecule has 0 saturated carbocycles. The SMILES string of the molecule is CC(=O)N[C@H]1[C@H](OCCCCCN)O[C@H](CO)[C@@H](O)[C@@H]1O[C@H]1O[C@H](CO)[C@H](O[C@H]2O[C@H](CO[C@@H]3O[C@@H](C)[C@@H](O)C[C@@H]3O)[C@@H](O)[C@H](O[C@@H]3O[C@@H](C)[C@@H](O)C[C@@H]3O)[C@H]2O)[C@H](O)[C@H]1O. The minimum absolute atomic E-state index is 0.0838. The van der Waals surface area contributed by atoms with Crippen LogP contribution in [0.3, 0.4) is 0 Å². The molecule has 5 aliphatic heterocycles. The maximum Gasteiger partial charge on any atom is 0.217 e. The van der Waals surface area contributed by atoms with E-state index in [1.54, 1.807) is 6.92 Å². The van der Waals surface area contributed by atoms with Gasteiger partial charge >= 0.3 is 0 Å². The highest BCUT2D eigenvalue weighted by Gasteiger charge is 2.55. The molecule has 0 spiro atoms. The Labute approximate surface area is 352 Å². The van der Waals surface area contributed by atoms with Crippen LogP contribution in [-0.2, 0) is 52.2 Å². The Kier molecular flexibility index (Phi) is 19.2. The van der Waals surface area contributed by atoms with Crippen molar-refractivity contribution in [3.63, 3.8) is 0 Å². The van der Waals surface area contributed by atoms with E-state index in [1.165, 1.54) is 13.8 Å². The van der Waals surface area contributed by atoms with Crippen LogP contribution in [0.2, 0.25) is 0 Å². The molecule has 0 unspecified atom stereocenters. The summed E-state index contributed by atoms with van der Waals surface area (Å²) in [7, 11) is 0. The fraction of sp³-hybridized carbons (Fsp3) is 0.973. The molecule has 24 heteroatoms. The molecule has 5 saturated heterocycles. The van der Waals surface area contributed by atoms with Gasteiger partial charge in [0.05, 0.1) is 44.2 Å². The normalized spacial score (nSPS) is 47.2. The second-order valence-corrected chi connectivity index (χ2v) is 16.2. The van der Waals surface area contributed by atoms with Crippen LogP contribution in [0.25, 0.3) is 0 Å². The Morgan fingerprint density at radius 2 is 1.11 bits per heavy atom. The lowest BCUT2D eigenvalue weighted by Crippen LogP contribution is -2.69. The maximum atomic E-state index is 12.3. The number of aliphatic hydroxyl groups excluding tert-OH is 11. The largest absolute Gasteiger partial charge is 0.394 e. The Morgan fingerprint density at radius 3 is 1.74 bits per heavy atom. The molecule has 0 aromatic carbocycles. The minimum Gasteiger partial charge on any atom is -0.394 e. The predicted octanol–water partition coefficient (Wildman–Crippen LogP) is -6.51. The van der Waals surface area contributed by atoms with Crippen LogP contribution >= 0.6 is 0 Å². The number of carbonyl (C=O) groups excluding carboxylic acids is 1. The van der Waals surface area contributed by atoms with Crippen LogP contribution in [0, 0.1) is 0 Å². The number of nitrogens with one attached hydrogen (secondary N) is 1. The number of carbonyl (C=O) groups is 1. The molecular weight excluding hydrogens is 824 g/mol. The first-order valence-corrected chi connectivity index (χ1v) is 20.8. The molecule has 0 aromatic rings. The van der Waals surface area contributed by atoms with Crippen molar-refractivity contribution in [2.45, 2.75) is 194 Å². The van der Waals surface area contributed by atoms with Gasteiger partial charge in [0.25, 0.3) is 0 Å². The number of ether oxygens (including phenoxy) is 10. The van der Waals surface area contributed by atoms with Crippen molar-refractivity contribution in [3.05, 3.63) is 0 Å². The lowest BCUT2D eigenvalue weighted by Gasteiger charge is -2.49.